The van der Waals surface area contributed by atoms with E-state index in [1.807, 2.05) is 0 Å². The van der Waals surface area contributed by atoms with Crippen molar-refractivity contribution in [2.24, 2.45) is 0 Å². The summed E-state index contributed by atoms with van der Waals surface area (Å²) in [5, 5.41) is 3.33. The smallest absolute Gasteiger partial charge is 0.235 e. The molecule has 1 aromatic carbocycles. The van der Waals surface area contributed by atoms with Crippen molar-refractivity contribution in [1.82, 2.24) is 10.2 Å². The van der Waals surface area contributed by atoms with Gasteiger partial charge in [-0.05, 0) is 31.0 Å². The van der Waals surface area contributed by atoms with E-state index >= 15 is 0 Å². The topological polar surface area (TPSA) is 66.5 Å². The normalized spacial score (nSPS) is 19.5. The highest BCUT2D eigenvalue weighted by molar-refractivity contribution is 7.85. The number of likely N-dealkylation sites (tertiary alicyclic amines) is 1. The van der Waals surface area contributed by atoms with Gasteiger partial charge in [0.2, 0.25) is 11.8 Å². The van der Waals surface area contributed by atoms with Crippen molar-refractivity contribution < 1.29 is 13.8 Å². The maximum atomic E-state index is 12.3. The van der Waals surface area contributed by atoms with Gasteiger partial charge in [0.25, 0.3) is 0 Å². The number of benzene rings is 1. The summed E-state index contributed by atoms with van der Waals surface area (Å²) in [5.74, 6) is -0.317. The minimum absolute atomic E-state index is 0.0187. The van der Waals surface area contributed by atoms with E-state index in [1.54, 1.807) is 29.2 Å². The molecule has 1 fully saturated rings. The molecule has 0 aliphatic carbocycles. The lowest BCUT2D eigenvalue weighted by Crippen LogP contribution is -2.50. The summed E-state index contributed by atoms with van der Waals surface area (Å²) in [6.07, 6.45) is 1.70. The fraction of sp³-hybridized carbons (Fsp3) is 0.467. The molecule has 0 bridgehead atoms. The van der Waals surface area contributed by atoms with Crippen LogP contribution < -0.4 is 5.32 Å². The maximum absolute atomic E-state index is 12.3. The molecule has 120 valence electrons. The van der Waals surface area contributed by atoms with Gasteiger partial charge in [-0.25, -0.2) is 0 Å². The Morgan fingerprint density at radius 3 is 2.91 bits per heavy atom. The largest absolute Gasteiger partial charge is 0.352 e. The van der Waals surface area contributed by atoms with E-state index in [9.17, 15) is 13.8 Å². The van der Waals surface area contributed by atoms with Crippen LogP contribution in [0.5, 0.6) is 0 Å². The van der Waals surface area contributed by atoms with Gasteiger partial charge in [-0.2, -0.15) is 0 Å². The number of nitrogens with one attached hydrogen (secondary N) is 1. The average Bonchev–Trinajstić information content (AvgIpc) is 2.46. The highest BCUT2D eigenvalue weighted by Gasteiger charge is 2.25. The first-order valence-corrected chi connectivity index (χ1v) is 8.84. The number of hydrogen-bond donors (Lipinski definition) is 1. The van der Waals surface area contributed by atoms with Crippen molar-refractivity contribution in [1.29, 1.82) is 0 Å². The lowest BCUT2D eigenvalue weighted by atomic mass is 10.1. The summed E-state index contributed by atoms with van der Waals surface area (Å²) in [4.78, 5) is 25.6. The highest BCUT2D eigenvalue weighted by atomic mass is 35.5. The molecule has 7 heteroatoms. The first kappa shape index (κ1) is 17.0. The van der Waals surface area contributed by atoms with Crippen LogP contribution in [-0.2, 0) is 20.4 Å². The monoisotopic (exact) mass is 342 g/mol. The summed E-state index contributed by atoms with van der Waals surface area (Å²) in [6, 6.07) is 6.71. The maximum Gasteiger partial charge on any atom is 0.235 e. The Kier molecular flexibility index (Phi) is 5.97. The molecular weight excluding hydrogens is 324 g/mol. The Balaban J connectivity index is 1.93. The van der Waals surface area contributed by atoms with Gasteiger partial charge in [0.15, 0.2) is 0 Å². The molecule has 1 aromatic rings. The molecule has 0 spiro atoms. The Hall–Kier alpha value is -1.40. The second kappa shape index (κ2) is 7.74. The van der Waals surface area contributed by atoms with Crippen molar-refractivity contribution in [3.8, 4) is 0 Å². The number of halogens is 1. The summed E-state index contributed by atoms with van der Waals surface area (Å²) in [6.45, 7) is 2.59. The van der Waals surface area contributed by atoms with Crippen LogP contribution in [-0.4, -0.2) is 45.8 Å². The molecule has 0 radical (unpaired) electrons. The third-order valence-corrected chi connectivity index (χ3v) is 5.02. The fourth-order valence-electron chi connectivity index (χ4n) is 2.50. The van der Waals surface area contributed by atoms with Gasteiger partial charge in [0, 0.05) is 36.0 Å². The molecule has 22 heavy (non-hydrogen) atoms. The molecule has 0 saturated carbocycles. The molecule has 2 rings (SSSR count). The van der Waals surface area contributed by atoms with Crippen LogP contribution in [0.25, 0.3) is 0 Å². The molecule has 2 atom stereocenters. The van der Waals surface area contributed by atoms with E-state index in [1.165, 1.54) is 6.92 Å². The molecular formula is C15H19ClN2O3S. The second-order valence-electron chi connectivity index (χ2n) is 5.33. The number of nitrogens with zero attached hydrogens (tertiary/aromatic N) is 1. The predicted octanol–water partition coefficient (Wildman–Crippen LogP) is 1.57. The van der Waals surface area contributed by atoms with E-state index in [-0.39, 0.29) is 23.6 Å². The molecule has 1 heterocycles. The van der Waals surface area contributed by atoms with E-state index in [0.717, 1.165) is 12.8 Å². The van der Waals surface area contributed by atoms with Crippen LogP contribution in [0, 0.1) is 0 Å². The molecule has 1 aliphatic rings. The minimum Gasteiger partial charge on any atom is -0.352 e. The molecule has 5 nitrogen and oxygen atoms in total. The summed E-state index contributed by atoms with van der Waals surface area (Å²) < 4.78 is 12.2. The zero-order chi connectivity index (χ0) is 16.1. The third-order valence-electron chi connectivity index (χ3n) is 3.50. The first-order chi connectivity index (χ1) is 10.5. The van der Waals surface area contributed by atoms with Gasteiger partial charge in [0.1, 0.15) is 5.75 Å². The summed E-state index contributed by atoms with van der Waals surface area (Å²) >= 11 is 5.87. The van der Waals surface area contributed by atoms with Crippen molar-refractivity contribution in [3.05, 3.63) is 29.3 Å². The number of amides is 2. The molecule has 1 N–H and O–H groups in total. The van der Waals surface area contributed by atoms with E-state index in [0.29, 0.717) is 23.0 Å². The second-order valence-corrected chi connectivity index (χ2v) is 7.21. The van der Waals surface area contributed by atoms with Crippen LogP contribution in [0.1, 0.15) is 19.8 Å². The molecule has 2 amide bonds. The number of piperidine rings is 1. The summed E-state index contributed by atoms with van der Waals surface area (Å²) in [5.41, 5.74) is 0. The Bertz CT molecular complexity index is 594. The van der Waals surface area contributed by atoms with Crippen LogP contribution in [0.2, 0.25) is 5.02 Å². The van der Waals surface area contributed by atoms with Crippen molar-refractivity contribution >= 4 is 34.2 Å². The zero-order valence-electron chi connectivity index (χ0n) is 12.4. The highest BCUT2D eigenvalue weighted by Crippen LogP contribution is 2.16. The number of rotatable bonds is 4. The minimum atomic E-state index is -1.41. The van der Waals surface area contributed by atoms with Crippen molar-refractivity contribution in [3.63, 3.8) is 0 Å². The molecule has 2 unspecified atom stereocenters. The quantitative estimate of drug-likeness (QED) is 0.903. The van der Waals surface area contributed by atoms with Gasteiger partial charge in [-0.1, -0.05) is 17.7 Å². The van der Waals surface area contributed by atoms with Crippen LogP contribution >= 0.6 is 11.6 Å². The van der Waals surface area contributed by atoms with E-state index < -0.39 is 10.8 Å². The standard InChI is InChI=1S/C15H19ClN2O3S/c1-11(19)17-13-5-3-7-18(9-13)15(20)10-22(21)14-6-2-4-12(16)8-14/h2,4,6,8,13H,3,5,7,9-10H2,1H3,(H,17,19). The molecule has 0 aromatic heterocycles. The zero-order valence-corrected chi connectivity index (χ0v) is 14.0. The van der Waals surface area contributed by atoms with Gasteiger partial charge in [0.05, 0.1) is 10.8 Å². The van der Waals surface area contributed by atoms with E-state index in [4.69, 9.17) is 11.6 Å². The Labute approximate surface area is 137 Å². The van der Waals surface area contributed by atoms with Gasteiger partial charge < -0.3 is 10.2 Å². The SMILES string of the molecule is CC(=O)NC1CCCN(C(=O)CS(=O)c2cccc(Cl)c2)C1. The number of hydrogen-bond acceptors (Lipinski definition) is 3. The van der Waals surface area contributed by atoms with Gasteiger partial charge in [-0.15, -0.1) is 0 Å². The van der Waals surface area contributed by atoms with Crippen LogP contribution in [0.15, 0.2) is 29.2 Å². The Morgan fingerprint density at radius 2 is 2.23 bits per heavy atom. The van der Waals surface area contributed by atoms with Crippen molar-refractivity contribution in [2.75, 3.05) is 18.8 Å². The van der Waals surface area contributed by atoms with Crippen LogP contribution in [0.3, 0.4) is 0 Å². The van der Waals surface area contributed by atoms with Crippen LogP contribution in [0.4, 0.5) is 0 Å². The third kappa shape index (κ3) is 4.81. The number of carbonyl (C=O) groups excluding carboxylic acids is 2. The summed E-state index contributed by atoms with van der Waals surface area (Å²) in [7, 11) is -1.41. The fourth-order valence-corrected chi connectivity index (χ4v) is 3.82. The number of carbonyl (C=O) groups is 2. The predicted molar refractivity (Wildman–Crippen MR) is 86.1 cm³/mol. The van der Waals surface area contributed by atoms with Gasteiger partial charge >= 0.3 is 0 Å². The lowest BCUT2D eigenvalue weighted by Gasteiger charge is -2.33. The van der Waals surface area contributed by atoms with Crippen molar-refractivity contribution in [2.45, 2.75) is 30.7 Å². The molecule has 1 saturated heterocycles. The Morgan fingerprint density at radius 1 is 1.45 bits per heavy atom. The first-order valence-electron chi connectivity index (χ1n) is 7.14. The van der Waals surface area contributed by atoms with Gasteiger partial charge in [-0.3, -0.25) is 13.8 Å². The van der Waals surface area contributed by atoms with E-state index in [2.05, 4.69) is 5.32 Å². The average molecular weight is 343 g/mol. The molecule has 1 aliphatic heterocycles. The lowest BCUT2D eigenvalue weighted by molar-refractivity contribution is -0.130.